The molecule has 4 rings (SSSR count). The van der Waals surface area contributed by atoms with E-state index in [4.69, 9.17) is 16.3 Å². The van der Waals surface area contributed by atoms with Gasteiger partial charge < -0.3 is 9.64 Å². The average molecular weight is 418 g/mol. The normalized spacial score (nSPS) is 20.8. The molecule has 7 nitrogen and oxygen atoms in total. The summed E-state index contributed by atoms with van der Waals surface area (Å²) in [6, 6.07) is 4.16. The Morgan fingerprint density at radius 1 is 1.24 bits per heavy atom. The minimum Gasteiger partial charge on any atom is -0.366 e. The molecule has 0 aliphatic carbocycles. The monoisotopic (exact) mass is 417 g/mol. The second kappa shape index (κ2) is 9.24. The Morgan fingerprint density at radius 2 is 2.07 bits per heavy atom. The summed E-state index contributed by atoms with van der Waals surface area (Å²) in [5, 5.41) is 4.62. The molecule has 2 aromatic rings. The van der Waals surface area contributed by atoms with Gasteiger partial charge in [0.25, 0.3) is 5.56 Å². The van der Waals surface area contributed by atoms with Crippen LogP contribution in [0.3, 0.4) is 0 Å². The van der Waals surface area contributed by atoms with Gasteiger partial charge in [0.2, 0.25) is 0 Å². The van der Waals surface area contributed by atoms with Gasteiger partial charge in [0.1, 0.15) is 5.02 Å². The van der Waals surface area contributed by atoms with Gasteiger partial charge in [-0.15, -0.1) is 0 Å². The lowest BCUT2D eigenvalue weighted by atomic mass is 10.1. The van der Waals surface area contributed by atoms with Crippen LogP contribution in [0.15, 0.2) is 29.3 Å². The van der Waals surface area contributed by atoms with Crippen molar-refractivity contribution in [2.45, 2.75) is 45.4 Å². The summed E-state index contributed by atoms with van der Waals surface area (Å²) in [4.78, 5) is 21.8. The van der Waals surface area contributed by atoms with Crippen molar-refractivity contribution in [1.82, 2.24) is 19.7 Å². The van der Waals surface area contributed by atoms with Crippen molar-refractivity contribution < 1.29 is 4.74 Å². The van der Waals surface area contributed by atoms with E-state index in [1.807, 2.05) is 12.3 Å². The number of aryl methyl sites for hydroxylation is 1. The second-order valence-electron chi connectivity index (χ2n) is 7.64. The van der Waals surface area contributed by atoms with Gasteiger partial charge in [-0.25, -0.2) is 0 Å². The van der Waals surface area contributed by atoms with Gasteiger partial charge in [0, 0.05) is 51.2 Å². The lowest BCUT2D eigenvalue weighted by molar-refractivity contribution is -0.0424. The number of halogens is 1. The predicted molar refractivity (Wildman–Crippen MR) is 113 cm³/mol. The van der Waals surface area contributed by atoms with E-state index in [1.165, 1.54) is 10.2 Å². The summed E-state index contributed by atoms with van der Waals surface area (Å²) in [5.41, 5.74) is 2.91. The topological polar surface area (TPSA) is 63.5 Å². The Labute approximate surface area is 176 Å². The van der Waals surface area contributed by atoms with Gasteiger partial charge in [-0.05, 0) is 37.3 Å². The highest BCUT2D eigenvalue weighted by molar-refractivity contribution is 6.33. The minimum absolute atomic E-state index is 0.239. The molecule has 2 fully saturated rings. The van der Waals surface area contributed by atoms with Crippen LogP contribution in [0.5, 0.6) is 0 Å². The van der Waals surface area contributed by atoms with Crippen LogP contribution in [0, 0.1) is 0 Å². The molecule has 29 heavy (non-hydrogen) atoms. The third-order valence-electron chi connectivity index (χ3n) is 5.78. The molecule has 0 radical (unpaired) electrons. The maximum absolute atomic E-state index is 12.8. The Balaban J connectivity index is 1.42. The summed E-state index contributed by atoms with van der Waals surface area (Å²) in [6.07, 6.45) is 7.08. The highest BCUT2D eigenvalue weighted by Crippen LogP contribution is 2.26. The average Bonchev–Trinajstić information content (AvgIpc) is 2.77. The van der Waals surface area contributed by atoms with Crippen LogP contribution in [0.1, 0.15) is 43.7 Å². The Hall–Kier alpha value is -1.96. The van der Waals surface area contributed by atoms with Crippen LogP contribution < -0.4 is 10.5 Å². The summed E-state index contributed by atoms with van der Waals surface area (Å²) >= 11 is 6.46. The third-order valence-corrected chi connectivity index (χ3v) is 6.14. The van der Waals surface area contributed by atoms with E-state index < -0.39 is 0 Å². The fourth-order valence-corrected chi connectivity index (χ4v) is 4.35. The fourth-order valence-electron chi connectivity index (χ4n) is 4.10. The van der Waals surface area contributed by atoms with Gasteiger partial charge in [-0.1, -0.05) is 24.6 Å². The smallest absolute Gasteiger partial charge is 0.290 e. The summed E-state index contributed by atoms with van der Waals surface area (Å²) in [7, 11) is 0. The van der Waals surface area contributed by atoms with E-state index in [2.05, 4.69) is 32.9 Å². The molecule has 0 amide bonds. The quantitative estimate of drug-likeness (QED) is 0.745. The van der Waals surface area contributed by atoms with E-state index in [9.17, 15) is 4.79 Å². The third kappa shape index (κ3) is 4.47. The lowest BCUT2D eigenvalue weighted by Crippen LogP contribution is -2.46. The number of pyridine rings is 1. The number of hydrogen-bond donors (Lipinski definition) is 0. The maximum atomic E-state index is 12.8. The van der Waals surface area contributed by atoms with Crippen LogP contribution in [-0.2, 0) is 17.7 Å². The van der Waals surface area contributed by atoms with Crippen LogP contribution >= 0.6 is 11.6 Å². The van der Waals surface area contributed by atoms with E-state index in [0.717, 1.165) is 69.8 Å². The first-order valence-corrected chi connectivity index (χ1v) is 10.8. The SMILES string of the molecule is CCc1ncccc1CN1CCN(c2cnn(C3CCCCO3)c(=O)c2Cl)CC1. The van der Waals surface area contributed by atoms with E-state index in [-0.39, 0.29) is 16.8 Å². The molecule has 2 saturated heterocycles. The maximum Gasteiger partial charge on any atom is 0.290 e. The highest BCUT2D eigenvalue weighted by Gasteiger charge is 2.24. The molecule has 0 N–H and O–H groups in total. The largest absolute Gasteiger partial charge is 0.366 e. The second-order valence-corrected chi connectivity index (χ2v) is 8.02. The molecule has 1 atom stereocenters. The number of nitrogens with zero attached hydrogens (tertiary/aromatic N) is 5. The summed E-state index contributed by atoms with van der Waals surface area (Å²) < 4.78 is 7.09. The zero-order chi connectivity index (χ0) is 20.2. The van der Waals surface area contributed by atoms with Crippen LogP contribution in [0.4, 0.5) is 5.69 Å². The molecule has 156 valence electrons. The molecule has 1 unspecified atom stereocenters. The first-order valence-electron chi connectivity index (χ1n) is 10.5. The molecular formula is C21H28ClN5O2. The summed E-state index contributed by atoms with van der Waals surface area (Å²) in [5.74, 6) is 0. The number of hydrogen-bond acceptors (Lipinski definition) is 6. The van der Waals surface area contributed by atoms with Gasteiger partial charge >= 0.3 is 0 Å². The zero-order valence-electron chi connectivity index (χ0n) is 16.9. The number of rotatable bonds is 5. The van der Waals surface area contributed by atoms with Crippen LogP contribution in [-0.4, -0.2) is 52.5 Å². The van der Waals surface area contributed by atoms with Gasteiger partial charge in [0.15, 0.2) is 6.23 Å². The van der Waals surface area contributed by atoms with Crippen molar-refractivity contribution in [2.24, 2.45) is 0 Å². The number of piperazine rings is 1. The van der Waals surface area contributed by atoms with E-state index in [0.29, 0.717) is 6.61 Å². The van der Waals surface area contributed by atoms with Gasteiger partial charge in [0.05, 0.1) is 11.9 Å². The van der Waals surface area contributed by atoms with Crippen molar-refractivity contribution in [3.8, 4) is 0 Å². The van der Waals surface area contributed by atoms with E-state index in [1.54, 1.807) is 6.20 Å². The minimum atomic E-state index is -0.299. The Bertz CT molecular complexity index is 889. The molecule has 0 aromatic carbocycles. The van der Waals surface area contributed by atoms with Crippen molar-refractivity contribution in [1.29, 1.82) is 0 Å². The highest BCUT2D eigenvalue weighted by atomic mass is 35.5. The van der Waals surface area contributed by atoms with Crippen molar-refractivity contribution >= 4 is 17.3 Å². The Morgan fingerprint density at radius 3 is 2.79 bits per heavy atom. The Kier molecular flexibility index (Phi) is 6.47. The van der Waals surface area contributed by atoms with Gasteiger partial charge in [-0.3, -0.25) is 14.7 Å². The predicted octanol–water partition coefficient (Wildman–Crippen LogP) is 2.88. The molecule has 0 bridgehead atoms. The standard InChI is InChI=1S/C21H28ClN5O2/c1-2-17-16(6-5-8-23-17)15-25-9-11-26(12-10-25)18-14-24-27(21(28)20(18)22)19-7-3-4-13-29-19/h5-6,8,14,19H,2-4,7,9-13,15H2,1H3. The molecule has 8 heteroatoms. The molecule has 4 heterocycles. The number of anilines is 1. The van der Waals surface area contributed by atoms with Crippen LogP contribution in [0.25, 0.3) is 0 Å². The van der Waals surface area contributed by atoms with Crippen LogP contribution in [0.2, 0.25) is 5.02 Å². The van der Waals surface area contributed by atoms with Gasteiger partial charge in [-0.2, -0.15) is 9.78 Å². The molecule has 0 saturated carbocycles. The van der Waals surface area contributed by atoms with Crippen molar-refractivity contribution in [3.63, 3.8) is 0 Å². The molecule has 2 aliphatic heterocycles. The number of ether oxygens (including phenoxy) is 1. The molecule has 0 spiro atoms. The molecule has 2 aliphatic rings. The summed E-state index contributed by atoms with van der Waals surface area (Å²) in [6.45, 7) is 7.14. The zero-order valence-corrected chi connectivity index (χ0v) is 17.6. The van der Waals surface area contributed by atoms with Crippen molar-refractivity contribution in [2.75, 3.05) is 37.7 Å². The van der Waals surface area contributed by atoms with Crippen molar-refractivity contribution in [3.05, 3.63) is 51.2 Å². The molecule has 2 aromatic heterocycles. The number of aromatic nitrogens is 3. The fraction of sp³-hybridized carbons (Fsp3) is 0.571. The lowest BCUT2D eigenvalue weighted by Gasteiger charge is -2.36. The first-order chi connectivity index (χ1) is 14.2. The van der Waals surface area contributed by atoms with E-state index >= 15 is 0 Å². The first kappa shape index (κ1) is 20.3. The molecular weight excluding hydrogens is 390 g/mol.